The van der Waals surface area contributed by atoms with E-state index in [9.17, 15) is 9.90 Å². The molecule has 0 aromatic carbocycles. The van der Waals surface area contributed by atoms with Crippen LogP contribution in [0.25, 0.3) is 0 Å². The lowest BCUT2D eigenvalue weighted by molar-refractivity contribution is -0.139. The van der Waals surface area contributed by atoms with Crippen LogP contribution in [0.5, 0.6) is 0 Å². The van der Waals surface area contributed by atoms with Crippen molar-refractivity contribution in [2.24, 2.45) is 11.8 Å². The molecule has 0 spiro atoms. The molecule has 1 fully saturated rings. The Balaban J connectivity index is 2.28. The summed E-state index contributed by atoms with van der Waals surface area (Å²) < 4.78 is 0. The van der Waals surface area contributed by atoms with Gasteiger partial charge in [0.1, 0.15) is 0 Å². The number of hydrogen-bond donors (Lipinski definition) is 3. The van der Waals surface area contributed by atoms with E-state index in [-0.39, 0.29) is 6.42 Å². The minimum atomic E-state index is -0.945. The minimum Gasteiger partial charge on any atom is -0.481 e. The van der Waals surface area contributed by atoms with Crippen LogP contribution in [0.4, 0.5) is 0 Å². The summed E-state index contributed by atoms with van der Waals surface area (Å²) in [4.78, 5) is 10.4. The number of carboxylic acids is 1. The molecule has 0 aromatic rings. The van der Waals surface area contributed by atoms with Gasteiger partial charge in [-0.25, -0.2) is 0 Å². The maximum atomic E-state index is 10.4. The smallest absolute Gasteiger partial charge is 0.306 e. The van der Waals surface area contributed by atoms with Crippen LogP contribution in [0.3, 0.4) is 0 Å². The van der Waals surface area contributed by atoms with Crippen molar-refractivity contribution in [1.29, 1.82) is 0 Å². The van der Waals surface area contributed by atoms with Crippen molar-refractivity contribution in [3.8, 4) is 0 Å². The summed E-state index contributed by atoms with van der Waals surface area (Å²) in [6, 6.07) is 0.423. The second kappa shape index (κ2) is 6.21. The van der Waals surface area contributed by atoms with Crippen molar-refractivity contribution >= 4 is 5.97 Å². The molecule has 0 amide bonds. The summed E-state index contributed by atoms with van der Waals surface area (Å²) in [5.41, 5.74) is 0. The number of carbonyl (C=O) groups is 1. The molecule has 0 aromatic heterocycles. The molecule has 1 aliphatic carbocycles. The zero-order valence-electron chi connectivity index (χ0n) is 10.1. The van der Waals surface area contributed by atoms with E-state index in [0.717, 1.165) is 6.42 Å². The summed E-state index contributed by atoms with van der Waals surface area (Å²) in [5.74, 6) is 0.369. The summed E-state index contributed by atoms with van der Waals surface area (Å²) in [6.45, 7) is 4.87. The van der Waals surface area contributed by atoms with Crippen LogP contribution >= 0.6 is 0 Å². The highest BCUT2D eigenvalue weighted by molar-refractivity contribution is 5.67. The highest BCUT2D eigenvalue weighted by Gasteiger charge is 2.27. The lowest BCUT2D eigenvalue weighted by atomic mass is 9.78. The molecule has 0 aliphatic heterocycles. The van der Waals surface area contributed by atoms with E-state index >= 15 is 0 Å². The Morgan fingerprint density at radius 3 is 2.75 bits per heavy atom. The molecule has 0 saturated heterocycles. The van der Waals surface area contributed by atoms with Crippen molar-refractivity contribution in [3.05, 3.63) is 0 Å². The first kappa shape index (κ1) is 13.5. The number of rotatable bonds is 5. The van der Waals surface area contributed by atoms with Gasteiger partial charge in [-0.15, -0.1) is 0 Å². The summed E-state index contributed by atoms with van der Waals surface area (Å²) in [7, 11) is 0. The van der Waals surface area contributed by atoms with E-state index in [1.54, 1.807) is 0 Å². The Bertz CT molecular complexity index is 232. The molecule has 4 heteroatoms. The maximum absolute atomic E-state index is 10.4. The van der Waals surface area contributed by atoms with Gasteiger partial charge < -0.3 is 15.5 Å². The van der Waals surface area contributed by atoms with E-state index in [1.807, 2.05) is 0 Å². The number of aliphatic hydroxyl groups is 1. The molecule has 4 atom stereocenters. The molecule has 94 valence electrons. The molecule has 3 N–H and O–H groups in total. The van der Waals surface area contributed by atoms with Gasteiger partial charge in [0.2, 0.25) is 0 Å². The monoisotopic (exact) mass is 229 g/mol. The fourth-order valence-corrected chi connectivity index (χ4v) is 2.43. The Morgan fingerprint density at radius 1 is 1.44 bits per heavy atom. The summed E-state index contributed by atoms with van der Waals surface area (Å²) in [5, 5.41) is 21.3. The van der Waals surface area contributed by atoms with Gasteiger partial charge in [0.05, 0.1) is 12.5 Å². The summed E-state index contributed by atoms with van der Waals surface area (Å²) in [6.07, 6.45) is 2.67. The average molecular weight is 229 g/mol. The predicted molar refractivity (Wildman–Crippen MR) is 62.2 cm³/mol. The number of nitrogens with one attached hydrogen (secondary N) is 1. The highest BCUT2D eigenvalue weighted by atomic mass is 16.4. The van der Waals surface area contributed by atoms with Crippen molar-refractivity contribution < 1.29 is 15.0 Å². The molecule has 0 heterocycles. The van der Waals surface area contributed by atoms with E-state index in [4.69, 9.17) is 5.11 Å². The first-order valence-electron chi connectivity index (χ1n) is 6.14. The van der Waals surface area contributed by atoms with E-state index < -0.39 is 12.1 Å². The standard InChI is InChI=1S/C12H23NO3/c1-8-4-3-5-11(9(8)2)13-7-10(14)6-12(15)16/h8-11,13-14H,3-7H2,1-2H3,(H,15,16). The van der Waals surface area contributed by atoms with Crippen molar-refractivity contribution in [2.45, 2.75) is 51.7 Å². The molecule has 1 saturated carbocycles. The molecular formula is C12H23NO3. The highest BCUT2D eigenvalue weighted by Crippen LogP contribution is 2.29. The van der Waals surface area contributed by atoms with Crippen LogP contribution in [0, 0.1) is 11.8 Å². The Kier molecular flexibility index (Phi) is 5.22. The average Bonchev–Trinajstić information content (AvgIpc) is 2.19. The van der Waals surface area contributed by atoms with Gasteiger partial charge in [0.25, 0.3) is 0 Å². The lowest BCUT2D eigenvalue weighted by Gasteiger charge is -2.35. The van der Waals surface area contributed by atoms with Gasteiger partial charge in [-0.05, 0) is 18.3 Å². The number of hydrogen-bond acceptors (Lipinski definition) is 3. The minimum absolute atomic E-state index is 0.177. The van der Waals surface area contributed by atoms with Crippen LogP contribution in [0.1, 0.15) is 39.5 Å². The predicted octanol–water partition coefficient (Wildman–Crippen LogP) is 1.24. The third-order valence-corrected chi connectivity index (χ3v) is 3.73. The quantitative estimate of drug-likeness (QED) is 0.663. The van der Waals surface area contributed by atoms with Crippen LogP contribution < -0.4 is 5.32 Å². The molecule has 0 bridgehead atoms. The molecule has 0 radical (unpaired) electrons. The first-order chi connectivity index (χ1) is 7.50. The largest absolute Gasteiger partial charge is 0.481 e. The van der Waals surface area contributed by atoms with Gasteiger partial charge in [0.15, 0.2) is 0 Å². The Labute approximate surface area is 97.0 Å². The molecule has 4 unspecified atom stereocenters. The van der Waals surface area contributed by atoms with Crippen LogP contribution in [0.2, 0.25) is 0 Å². The third-order valence-electron chi connectivity index (χ3n) is 3.73. The zero-order chi connectivity index (χ0) is 12.1. The second-order valence-corrected chi connectivity index (χ2v) is 5.03. The van der Waals surface area contributed by atoms with Crippen LogP contribution in [-0.2, 0) is 4.79 Å². The van der Waals surface area contributed by atoms with Crippen LogP contribution in [0.15, 0.2) is 0 Å². The van der Waals surface area contributed by atoms with Crippen molar-refractivity contribution in [1.82, 2.24) is 5.32 Å². The summed E-state index contributed by atoms with van der Waals surface area (Å²) >= 11 is 0. The molecule has 4 nitrogen and oxygen atoms in total. The fourth-order valence-electron chi connectivity index (χ4n) is 2.43. The van der Waals surface area contributed by atoms with Gasteiger partial charge in [-0.3, -0.25) is 4.79 Å². The van der Waals surface area contributed by atoms with Crippen LogP contribution in [-0.4, -0.2) is 34.9 Å². The van der Waals surface area contributed by atoms with Gasteiger partial charge in [0, 0.05) is 12.6 Å². The van der Waals surface area contributed by atoms with E-state index in [1.165, 1.54) is 12.8 Å². The molecule has 16 heavy (non-hydrogen) atoms. The van der Waals surface area contributed by atoms with E-state index in [2.05, 4.69) is 19.2 Å². The molecule has 1 rings (SSSR count). The normalized spacial score (nSPS) is 32.3. The maximum Gasteiger partial charge on any atom is 0.306 e. The SMILES string of the molecule is CC1CCCC(NCC(O)CC(=O)O)C1C. The Morgan fingerprint density at radius 2 is 2.12 bits per heavy atom. The Hall–Kier alpha value is -0.610. The number of aliphatic carboxylic acids is 1. The zero-order valence-corrected chi connectivity index (χ0v) is 10.1. The van der Waals surface area contributed by atoms with E-state index in [0.29, 0.717) is 24.4 Å². The van der Waals surface area contributed by atoms with Gasteiger partial charge in [-0.2, -0.15) is 0 Å². The van der Waals surface area contributed by atoms with Crippen molar-refractivity contribution in [2.75, 3.05) is 6.54 Å². The molecule has 1 aliphatic rings. The van der Waals surface area contributed by atoms with Gasteiger partial charge in [-0.1, -0.05) is 26.7 Å². The lowest BCUT2D eigenvalue weighted by Crippen LogP contribution is -2.44. The topological polar surface area (TPSA) is 69.6 Å². The molecular weight excluding hydrogens is 206 g/mol. The van der Waals surface area contributed by atoms with Crippen molar-refractivity contribution in [3.63, 3.8) is 0 Å². The third kappa shape index (κ3) is 4.10. The fraction of sp³-hybridized carbons (Fsp3) is 0.917. The van der Waals surface area contributed by atoms with Gasteiger partial charge >= 0.3 is 5.97 Å². The number of carboxylic acid groups (broad SMARTS) is 1. The number of aliphatic hydroxyl groups excluding tert-OH is 1. The second-order valence-electron chi connectivity index (χ2n) is 5.03. The first-order valence-corrected chi connectivity index (χ1v) is 6.14.